The van der Waals surface area contributed by atoms with Gasteiger partial charge in [-0.15, -0.1) is 0 Å². The summed E-state index contributed by atoms with van der Waals surface area (Å²) in [6, 6.07) is 8.00. The van der Waals surface area contributed by atoms with E-state index in [9.17, 15) is 0 Å². The Balaban J connectivity index is 2.40. The summed E-state index contributed by atoms with van der Waals surface area (Å²) in [4.78, 5) is 4.21. The molecule has 0 fully saturated rings. The van der Waals surface area contributed by atoms with Crippen LogP contribution in [0.2, 0.25) is 0 Å². The van der Waals surface area contributed by atoms with E-state index in [1.54, 1.807) is 14.2 Å². The maximum Gasteiger partial charge on any atom is 0.191 e. The smallest absolute Gasteiger partial charge is 0.191 e. The number of hydrogen-bond donors (Lipinski definition) is 2. The van der Waals surface area contributed by atoms with Crippen LogP contribution in [0.15, 0.2) is 29.3 Å². The first-order valence-electron chi connectivity index (χ1n) is 6.88. The van der Waals surface area contributed by atoms with E-state index in [4.69, 9.17) is 4.74 Å². The molecule has 4 nitrogen and oxygen atoms in total. The monoisotopic (exact) mass is 263 g/mol. The molecule has 2 N–H and O–H groups in total. The molecule has 0 bridgehead atoms. The quantitative estimate of drug-likeness (QED) is 0.451. The molecule has 0 spiro atoms. The number of aliphatic imine (C=N–C) groups is 1. The van der Waals surface area contributed by atoms with Crippen molar-refractivity contribution in [2.45, 2.75) is 32.7 Å². The average molecular weight is 263 g/mol. The van der Waals surface area contributed by atoms with E-state index >= 15 is 0 Å². The summed E-state index contributed by atoms with van der Waals surface area (Å²) in [5, 5.41) is 6.61. The summed E-state index contributed by atoms with van der Waals surface area (Å²) in [5.41, 5.74) is 1.13. The molecule has 0 saturated carbocycles. The van der Waals surface area contributed by atoms with Gasteiger partial charge in [0.2, 0.25) is 0 Å². The molecule has 106 valence electrons. The molecule has 0 unspecified atom stereocenters. The lowest BCUT2D eigenvalue weighted by Crippen LogP contribution is -2.37. The zero-order valence-corrected chi connectivity index (χ0v) is 12.2. The summed E-state index contributed by atoms with van der Waals surface area (Å²) in [6.07, 6.45) is 3.65. The van der Waals surface area contributed by atoms with E-state index in [0.29, 0.717) is 6.54 Å². The van der Waals surface area contributed by atoms with E-state index < -0.39 is 0 Å². The molecule has 1 aromatic rings. The zero-order valence-electron chi connectivity index (χ0n) is 12.2. The predicted octanol–water partition coefficient (Wildman–Crippen LogP) is 2.55. The van der Waals surface area contributed by atoms with Crippen molar-refractivity contribution in [2.24, 2.45) is 4.99 Å². The Morgan fingerprint density at radius 3 is 2.68 bits per heavy atom. The largest absolute Gasteiger partial charge is 0.496 e. The van der Waals surface area contributed by atoms with Gasteiger partial charge in [0.25, 0.3) is 0 Å². The lowest BCUT2D eigenvalue weighted by atomic mass is 10.2. The molecule has 19 heavy (non-hydrogen) atoms. The summed E-state index contributed by atoms with van der Waals surface area (Å²) < 4.78 is 5.32. The first-order valence-corrected chi connectivity index (χ1v) is 6.88. The SMILES string of the molecule is CCCCCNC(=NC)NCc1ccccc1OC. The highest BCUT2D eigenvalue weighted by Gasteiger charge is 2.02. The van der Waals surface area contributed by atoms with Crippen molar-refractivity contribution in [3.05, 3.63) is 29.8 Å². The van der Waals surface area contributed by atoms with Crippen LogP contribution >= 0.6 is 0 Å². The molecule has 0 aliphatic heterocycles. The number of unbranched alkanes of at least 4 members (excludes halogenated alkanes) is 2. The van der Waals surface area contributed by atoms with Gasteiger partial charge in [0.05, 0.1) is 7.11 Å². The van der Waals surface area contributed by atoms with Gasteiger partial charge in [-0.3, -0.25) is 4.99 Å². The number of nitrogens with one attached hydrogen (secondary N) is 2. The standard InChI is InChI=1S/C15H25N3O/c1-4-5-8-11-17-15(16-2)18-12-13-9-6-7-10-14(13)19-3/h6-7,9-10H,4-5,8,11-12H2,1-3H3,(H2,16,17,18). The highest BCUT2D eigenvalue weighted by Crippen LogP contribution is 2.16. The van der Waals surface area contributed by atoms with E-state index in [1.165, 1.54) is 19.3 Å². The molecule has 0 aromatic heterocycles. The third-order valence-corrected chi connectivity index (χ3v) is 2.94. The fourth-order valence-corrected chi connectivity index (χ4v) is 1.83. The number of ether oxygens (including phenoxy) is 1. The molecule has 0 heterocycles. The van der Waals surface area contributed by atoms with Crippen molar-refractivity contribution in [3.8, 4) is 5.75 Å². The number of nitrogens with zero attached hydrogens (tertiary/aromatic N) is 1. The minimum atomic E-state index is 0.706. The van der Waals surface area contributed by atoms with Crippen LogP contribution in [0.1, 0.15) is 31.7 Å². The van der Waals surface area contributed by atoms with Gasteiger partial charge in [0.15, 0.2) is 5.96 Å². The minimum Gasteiger partial charge on any atom is -0.496 e. The molecule has 0 radical (unpaired) electrons. The summed E-state index contributed by atoms with van der Waals surface area (Å²) in [5.74, 6) is 1.73. The number of benzene rings is 1. The molecular weight excluding hydrogens is 238 g/mol. The molecule has 4 heteroatoms. The molecular formula is C15H25N3O. The molecule has 1 rings (SSSR count). The van der Waals surface area contributed by atoms with Crippen LogP contribution in [0.25, 0.3) is 0 Å². The summed E-state index contributed by atoms with van der Waals surface area (Å²) in [7, 11) is 3.48. The van der Waals surface area contributed by atoms with Gasteiger partial charge in [0, 0.05) is 25.7 Å². The van der Waals surface area contributed by atoms with E-state index in [-0.39, 0.29) is 0 Å². The number of hydrogen-bond acceptors (Lipinski definition) is 2. The maximum atomic E-state index is 5.32. The van der Waals surface area contributed by atoms with Crippen molar-refractivity contribution in [2.75, 3.05) is 20.7 Å². The first-order chi connectivity index (χ1) is 9.31. The van der Waals surface area contributed by atoms with Crippen LogP contribution in [0, 0.1) is 0 Å². The average Bonchev–Trinajstić information content (AvgIpc) is 2.47. The van der Waals surface area contributed by atoms with Gasteiger partial charge in [-0.1, -0.05) is 38.0 Å². The van der Waals surface area contributed by atoms with Crippen molar-refractivity contribution in [1.29, 1.82) is 0 Å². The number of para-hydroxylation sites is 1. The predicted molar refractivity (Wildman–Crippen MR) is 80.7 cm³/mol. The van der Waals surface area contributed by atoms with Gasteiger partial charge in [-0.05, 0) is 12.5 Å². The molecule has 0 atom stereocenters. The van der Waals surface area contributed by atoms with Crippen LogP contribution in [-0.4, -0.2) is 26.7 Å². The highest BCUT2D eigenvalue weighted by atomic mass is 16.5. The molecule has 0 saturated heterocycles. The summed E-state index contributed by atoms with van der Waals surface area (Å²) in [6.45, 7) is 3.87. The van der Waals surface area contributed by atoms with Crippen LogP contribution in [-0.2, 0) is 6.54 Å². The number of rotatable bonds is 7. The minimum absolute atomic E-state index is 0.706. The molecule has 1 aromatic carbocycles. The Morgan fingerprint density at radius 1 is 1.21 bits per heavy atom. The van der Waals surface area contributed by atoms with Crippen molar-refractivity contribution < 1.29 is 4.74 Å². The zero-order chi connectivity index (χ0) is 13.9. The highest BCUT2D eigenvalue weighted by molar-refractivity contribution is 5.79. The lowest BCUT2D eigenvalue weighted by molar-refractivity contribution is 0.409. The third-order valence-electron chi connectivity index (χ3n) is 2.94. The molecule has 0 aliphatic carbocycles. The maximum absolute atomic E-state index is 5.32. The Labute approximate surface area is 116 Å². The number of guanidine groups is 1. The Morgan fingerprint density at radius 2 is 2.00 bits per heavy atom. The Kier molecular flexibility index (Phi) is 7.47. The van der Waals surface area contributed by atoms with Crippen molar-refractivity contribution in [3.63, 3.8) is 0 Å². The van der Waals surface area contributed by atoms with E-state index in [2.05, 4.69) is 28.6 Å². The molecule has 0 amide bonds. The second-order valence-electron chi connectivity index (χ2n) is 4.37. The second-order valence-corrected chi connectivity index (χ2v) is 4.37. The molecule has 0 aliphatic rings. The van der Waals surface area contributed by atoms with E-state index in [1.807, 2.05) is 18.2 Å². The Bertz CT molecular complexity index is 391. The van der Waals surface area contributed by atoms with Crippen molar-refractivity contribution >= 4 is 5.96 Å². The van der Waals surface area contributed by atoms with Gasteiger partial charge in [-0.2, -0.15) is 0 Å². The lowest BCUT2D eigenvalue weighted by Gasteiger charge is -2.13. The topological polar surface area (TPSA) is 45.7 Å². The normalized spacial score (nSPS) is 11.2. The van der Waals surface area contributed by atoms with Gasteiger partial charge >= 0.3 is 0 Å². The van der Waals surface area contributed by atoms with Crippen LogP contribution < -0.4 is 15.4 Å². The van der Waals surface area contributed by atoms with Gasteiger partial charge < -0.3 is 15.4 Å². The summed E-state index contributed by atoms with van der Waals surface area (Å²) >= 11 is 0. The number of methoxy groups -OCH3 is 1. The Hall–Kier alpha value is -1.71. The van der Waals surface area contributed by atoms with Crippen LogP contribution in [0.5, 0.6) is 5.75 Å². The van der Waals surface area contributed by atoms with Crippen molar-refractivity contribution in [1.82, 2.24) is 10.6 Å². The van der Waals surface area contributed by atoms with Crippen LogP contribution in [0.4, 0.5) is 0 Å². The first kappa shape index (κ1) is 15.3. The third kappa shape index (κ3) is 5.64. The van der Waals surface area contributed by atoms with Crippen LogP contribution in [0.3, 0.4) is 0 Å². The fourth-order valence-electron chi connectivity index (χ4n) is 1.83. The van der Waals surface area contributed by atoms with E-state index in [0.717, 1.165) is 23.8 Å². The van der Waals surface area contributed by atoms with Gasteiger partial charge in [-0.25, -0.2) is 0 Å². The van der Waals surface area contributed by atoms with Gasteiger partial charge in [0.1, 0.15) is 5.75 Å². The fraction of sp³-hybridized carbons (Fsp3) is 0.533. The second kappa shape index (κ2) is 9.25.